The third-order valence-corrected chi connectivity index (χ3v) is 6.80. The van der Waals surface area contributed by atoms with Crippen molar-refractivity contribution in [3.8, 4) is 0 Å². The molecule has 2 saturated heterocycles. The maximum atomic E-state index is 13.5. The van der Waals surface area contributed by atoms with Gasteiger partial charge in [0.25, 0.3) is 0 Å². The summed E-state index contributed by atoms with van der Waals surface area (Å²) < 4.78 is 5.13. The van der Waals surface area contributed by atoms with Crippen LogP contribution in [0, 0.1) is 0 Å². The van der Waals surface area contributed by atoms with E-state index in [-0.39, 0.29) is 19.7 Å². The van der Waals surface area contributed by atoms with E-state index in [1.807, 2.05) is 6.07 Å². The fraction of sp³-hybridized carbons (Fsp3) is 0.560. The Kier molecular flexibility index (Phi) is 10.6. The quantitative estimate of drug-likeness (QED) is 0.215. The number of benzene rings is 1. The third-order valence-electron chi connectivity index (χ3n) is 6.80. The molecule has 3 rings (SSSR count). The maximum absolute atomic E-state index is 13.5. The predicted octanol–water partition coefficient (Wildman–Crippen LogP) is -1.46. The van der Waals surface area contributed by atoms with Crippen LogP contribution >= 0.6 is 0 Å². The van der Waals surface area contributed by atoms with Gasteiger partial charge in [-0.15, -0.1) is 0 Å². The van der Waals surface area contributed by atoms with Crippen LogP contribution < -0.4 is 16.5 Å². The van der Waals surface area contributed by atoms with Crippen molar-refractivity contribution in [2.75, 3.05) is 19.7 Å². The molecule has 2 fully saturated rings. The van der Waals surface area contributed by atoms with Crippen LogP contribution in [0.4, 0.5) is 4.79 Å². The van der Waals surface area contributed by atoms with E-state index in [9.17, 15) is 34.2 Å². The second-order valence-electron chi connectivity index (χ2n) is 9.48. The summed E-state index contributed by atoms with van der Waals surface area (Å²) in [6, 6.07) is 4.36. The topological polar surface area (TPSA) is 201 Å². The normalized spacial score (nSPS) is 21.0. The number of ether oxygens (including phenoxy) is 1. The zero-order chi connectivity index (χ0) is 28.5. The monoisotopic (exact) mass is 549 g/mol. The number of hydrogen-bond acceptors (Lipinski definition) is 10. The highest BCUT2D eigenvalue weighted by Crippen LogP contribution is 2.26. The highest BCUT2D eigenvalue weighted by molar-refractivity contribution is 5.95. The Morgan fingerprint density at radius 1 is 1.03 bits per heavy atom. The van der Waals surface area contributed by atoms with Crippen molar-refractivity contribution in [1.29, 1.82) is 0 Å². The molecule has 0 aromatic heterocycles. The SMILES string of the molecule is CC(O)C(NC(=O)[C@@H]1CCCN1C(=O)[C@@H]1CCCN1C(=O)C(CO)NC(=O)OCc1ccccc1)C(=O)ON. The van der Waals surface area contributed by atoms with Crippen molar-refractivity contribution >= 4 is 29.8 Å². The summed E-state index contributed by atoms with van der Waals surface area (Å²) >= 11 is 0. The van der Waals surface area contributed by atoms with Crippen molar-refractivity contribution in [3.63, 3.8) is 0 Å². The highest BCUT2D eigenvalue weighted by atomic mass is 16.7. The first-order valence-electron chi connectivity index (χ1n) is 12.8. The fourth-order valence-electron chi connectivity index (χ4n) is 4.77. The summed E-state index contributed by atoms with van der Waals surface area (Å²) in [5, 5.41) is 24.4. The van der Waals surface area contributed by atoms with Crippen LogP contribution in [-0.4, -0.2) is 99.8 Å². The number of nitrogens with zero attached hydrogens (tertiary/aromatic N) is 2. The van der Waals surface area contributed by atoms with Gasteiger partial charge in [-0.25, -0.2) is 9.59 Å². The molecule has 1 aromatic carbocycles. The summed E-state index contributed by atoms with van der Waals surface area (Å²) in [5.74, 6) is 2.08. The van der Waals surface area contributed by atoms with Crippen LogP contribution in [0.1, 0.15) is 38.2 Å². The summed E-state index contributed by atoms with van der Waals surface area (Å²) in [6.45, 7) is 1.03. The number of nitrogens with one attached hydrogen (secondary N) is 2. The molecule has 0 saturated carbocycles. The molecule has 2 aliphatic heterocycles. The highest BCUT2D eigenvalue weighted by Gasteiger charge is 2.44. The van der Waals surface area contributed by atoms with Gasteiger partial charge in [-0.05, 0) is 38.2 Å². The number of nitrogens with two attached hydrogens (primary N) is 1. The average Bonchev–Trinajstić information content (AvgIpc) is 3.63. The number of amides is 4. The molecule has 0 radical (unpaired) electrons. The van der Waals surface area contributed by atoms with Crippen molar-refractivity contribution in [1.82, 2.24) is 20.4 Å². The molecule has 39 heavy (non-hydrogen) atoms. The molecule has 214 valence electrons. The summed E-state index contributed by atoms with van der Waals surface area (Å²) in [6.07, 6.45) is -0.512. The van der Waals surface area contributed by atoms with Gasteiger partial charge in [-0.3, -0.25) is 14.4 Å². The molecule has 14 heteroatoms. The zero-order valence-electron chi connectivity index (χ0n) is 21.7. The van der Waals surface area contributed by atoms with E-state index in [0.717, 1.165) is 5.56 Å². The van der Waals surface area contributed by atoms with Crippen molar-refractivity contribution in [2.24, 2.45) is 5.90 Å². The molecule has 0 aliphatic carbocycles. The number of aliphatic hydroxyl groups excluding tert-OH is 2. The minimum absolute atomic E-state index is 0.0266. The summed E-state index contributed by atoms with van der Waals surface area (Å²) in [7, 11) is 0. The number of alkyl carbamates (subject to hydrolysis) is 1. The smallest absolute Gasteiger partial charge is 0.408 e. The lowest BCUT2D eigenvalue weighted by atomic mass is 10.1. The molecular weight excluding hydrogens is 514 g/mol. The van der Waals surface area contributed by atoms with Crippen LogP contribution in [0.5, 0.6) is 0 Å². The van der Waals surface area contributed by atoms with Crippen molar-refractivity contribution < 1.29 is 43.8 Å². The molecular formula is C25H35N5O9. The van der Waals surface area contributed by atoms with E-state index in [1.54, 1.807) is 24.3 Å². The van der Waals surface area contributed by atoms with Gasteiger partial charge in [0.1, 0.15) is 24.7 Å². The minimum Gasteiger partial charge on any atom is -0.445 e. The van der Waals surface area contributed by atoms with Gasteiger partial charge in [-0.1, -0.05) is 30.3 Å². The Bertz CT molecular complexity index is 1040. The molecule has 14 nitrogen and oxygen atoms in total. The lowest BCUT2D eigenvalue weighted by Crippen LogP contribution is -2.58. The van der Waals surface area contributed by atoms with E-state index in [2.05, 4.69) is 15.5 Å². The van der Waals surface area contributed by atoms with Gasteiger partial charge in [0.2, 0.25) is 17.7 Å². The molecule has 0 bridgehead atoms. The minimum atomic E-state index is -1.41. The van der Waals surface area contributed by atoms with E-state index in [1.165, 1.54) is 16.7 Å². The zero-order valence-corrected chi connectivity index (χ0v) is 21.7. The van der Waals surface area contributed by atoms with E-state index in [0.29, 0.717) is 25.7 Å². The Balaban J connectivity index is 1.63. The molecule has 6 N–H and O–H groups in total. The van der Waals surface area contributed by atoms with Gasteiger partial charge >= 0.3 is 12.1 Å². The third kappa shape index (κ3) is 7.43. The molecule has 3 unspecified atom stereocenters. The number of rotatable bonds is 10. The van der Waals surface area contributed by atoms with Crippen LogP contribution in [0.25, 0.3) is 0 Å². The standard InChI is InChI=1S/C25H35N5O9/c1-15(32)20(24(36)39-26)28-21(33)18-9-5-11-29(18)23(35)19-10-6-12-30(19)22(34)17(13-31)27-25(37)38-14-16-7-3-2-4-8-16/h2-4,7-8,15,17-20,31-32H,5-6,9-14,26H2,1H3,(H,27,37)(H,28,33)/t15?,17?,18-,19-,20?/m0/s1. The average molecular weight is 550 g/mol. The number of likely N-dealkylation sites (tertiary alicyclic amines) is 2. The van der Waals surface area contributed by atoms with Crippen LogP contribution in [0.15, 0.2) is 30.3 Å². The first-order valence-corrected chi connectivity index (χ1v) is 12.8. The number of aliphatic hydroxyl groups is 2. The van der Waals surface area contributed by atoms with E-state index in [4.69, 9.17) is 10.6 Å². The lowest BCUT2D eigenvalue weighted by Gasteiger charge is -2.33. The maximum Gasteiger partial charge on any atom is 0.408 e. The molecule has 5 atom stereocenters. The van der Waals surface area contributed by atoms with Gasteiger partial charge in [0.15, 0.2) is 6.04 Å². The number of carbonyl (C=O) groups is 5. The lowest BCUT2D eigenvalue weighted by molar-refractivity contribution is -0.153. The summed E-state index contributed by atoms with van der Waals surface area (Å²) in [4.78, 5) is 70.5. The van der Waals surface area contributed by atoms with E-state index < -0.39 is 66.7 Å². The molecule has 1 aromatic rings. The second kappa shape index (κ2) is 13.9. The van der Waals surface area contributed by atoms with Crippen LogP contribution in [-0.2, 0) is 35.4 Å². The number of hydrogen-bond donors (Lipinski definition) is 5. The first kappa shape index (κ1) is 29.8. The first-order chi connectivity index (χ1) is 18.7. The Morgan fingerprint density at radius 2 is 1.67 bits per heavy atom. The largest absolute Gasteiger partial charge is 0.445 e. The Hall–Kier alpha value is -3.75. The van der Waals surface area contributed by atoms with Gasteiger partial charge < -0.3 is 40.2 Å². The fourth-order valence-corrected chi connectivity index (χ4v) is 4.77. The predicted molar refractivity (Wildman–Crippen MR) is 134 cm³/mol. The molecule has 4 amide bonds. The van der Waals surface area contributed by atoms with Gasteiger partial charge in [0.05, 0.1) is 12.7 Å². The summed E-state index contributed by atoms with van der Waals surface area (Å²) in [5.41, 5.74) is 0.744. The van der Waals surface area contributed by atoms with Gasteiger partial charge in [-0.2, -0.15) is 5.90 Å². The van der Waals surface area contributed by atoms with E-state index >= 15 is 0 Å². The van der Waals surface area contributed by atoms with Crippen molar-refractivity contribution in [2.45, 2.75) is 69.5 Å². The Morgan fingerprint density at radius 3 is 2.28 bits per heavy atom. The molecule has 2 aliphatic rings. The molecule has 0 spiro atoms. The van der Waals surface area contributed by atoms with Crippen LogP contribution in [0.3, 0.4) is 0 Å². The Labute approximate surface area is 225 Å². The second-order valence-corrected chi connectivity index (χ2v) is 9.48. The van der Waals surface area contributed by atoms with Crippen molar-refractivity contribution in [3.05, 3.63) is 35.9 Å². The number of carbonyl (C=O) groups excluding carboxylic acids is 5. The van der Waals surface area contributed by atoms with Gasteiger partial charge in [0, 0.05) is 13.1 Å². The molecule has 2 heterocycles. The van der Waals surface area contributed by atoms with Crippen LogP contribution in [0.2, 0.25) is 0 Å².